The van der Waals surface area contributed by atoms with E-state index in [1.807, 2.05) is 6.92 Å². The Morgan fingerprint density at radius 1 is 1.26 bits per heavy atom. The van der Waals surface area contributed by atoms with Gasteiger partial charge in [-0.05, 0) is 44.0 Å². The second kappa shape index (κ2) is 6.19. The van der Waals surface area contributed by atoms with E-state index in [0.29, 0.717) is 12.1 Å². The van der Waals surface area contributed by atoms with Crippen molar-refractivity contribution in [3.05, 3.63) is 29.3 Å². The van der Waals surface area contributed by atoms with Gasteiger partial charge in [0.25, 0.3) is 0 Å². The number of hydrogen-bond acceptors (Lipinski definition) is 4. The Balaban J connectivity index is 3.05. The third-order valence-electron chi connectivity index (χ3n) is 2.55. The number of anilines is 1. The van der Waals surface area contributed by atoms with Gasteiger partial charge in [0.2, 0.25) is 0 Å². The Labute approximate surface area is 111 Å². The van der Waals surface area contributed by atoms with Crippen molar-refractivity contribution in [2.75, 3.05) is 5.32 Å². The number of benzene rings is 1. The number of carboxylic acid groups (broad SMARTS) is 2. The molecule has 0 unspecified atom stereocenters. The maximum absolute atomic E-state index is 11.0. The van der Waals surface area contributed by atoms with E-state index in [1.54, 1.807) is 12.1 Å². The van der Waals surface area contributed by atoms with Crippen LogP contribution < -0.4 is 11.1 Å². The SMILES string of the molecule is C[C@H](Nc1cc(C[C@@H](C)N)cc(C(=O)O)c1)C(=O)O. The lowest BCUT2D eigenvalue weighted by Crippen LogP contribution is -2.25. The first-order valence-electron chi connectivity index (χ1n) is 5.91. The van der Waals surface area contributed by atoms with E-state index in [9.17, 15) is 9.59 Å². The van der Waals surface area contributed by atoms with Crippen LogP contribution in [0.15, 0.2) is 18.2 Å². The first-order valence-corrected chi connectivity index (χ1v) is 5.91. The molecular weight excluding hydrogens is 248 g/mol. The molecule has 0 spiro atoms. The summed E-state index contributed by atoms with van der Waals surface area (Å²) in [5, 5.41) is 20.6. The van der Waals surface area contributed by atoms with E-state index in [2.05, 4.69) is 5.32 Å². The number of rotatable bonds is 6. The van der Waals surface area contributed by atoms with Crippen LogP contribution in [0, 0.1) is 0 Å². The predicted molar refractivity (Wildman–Crippen MR) is 71.5 cm³/mol. The van der Waals surface area contributed by atoms with E-state index in [-0.39, 0.29) is 11.6 Å². The van der Waals surface area contributed by atoms with Gasteiger partial charge >= 0.3 is 11.9 Å². The zero-order valence-corrected chi connectivity index (χ0v) is 10.9. The zero-order chi connectivity index (χ0) is 14.6. The minimum Gasteiger partial charge on any atom is -0.480 e. The van der Waals surface area contributed by atoms with Gasteiger partial charge in [0.1, 0.15) is 6.04 Å². The normalized spacial score (nSPS) is 13.6. The van der Waals surface area contributed by atoms with E-state index in [4.69, 9.17) is 15.9 Å². The molecule has 2 atom stereocenters. The number of carbonyl (C=O) groups is 2. The zero-order valence-electron chi connectivity index (χ0n) is 10.9. The average Bonchev–Trinajstić information content (AvgIpc) is 2.27. The number of nitrogens with two attached hydrogens (primary N) is 1. The molecule has 0 aromatic heterocycles. The van der Waals surface area contributed by atoms with Gasteiger partial charge in [0, 0.05) is 11.7 Å². The van der Waals surface area contributed by atoms with E-state index in [1.165, 1.54) is 13.0 Å². The van der Waals surface area contributed by atoms with Crippen LogP contribution in [0.3, 0.4) is 0 Å². The maximum atomic E-state index is 11.0. The monoisotopic (exact) mass is 266 g/mol. The molecule has 104 valence electrons. The third kappa shape index (κ3) is 4.59. The van der Waals surface area contributed by atoms with E-state index >= 15 is 0 Å². The molecule has 0 bridgehead atoms. The number of aromatic carboxylic acids is 1. The second-order valence-electron chi connectivity index (χ2n) is 4.61. The highest BCUT2D eigenvalue weighted by Crippen LogP contribution is 2.17. The summed E-state index contributed by atoms with van der Waals surface area (Å²) in [4.78, 5) is 21.8. The molecule has 6 nitrogen and oxygen atoms in total. The highest BCUT2D eigenvalue weighted by Gasteiger charge is 2.13. The molecule has 0 aliphatic carbocycles. The Morgan fingerprint density at radius 3 is 2.37 bits per heavy atom. The standard InChI is InChI=1S/C13H18N2O4/c1-7(14)3-9-4-10(13(18)19)6-11(5-9)15-8(2)12(16)17/h4-8,15H,3,14H2,1-2H3,(H,16,17)(H,18,19)/t7-,8+/m1/s1. The number of hydrogen-bond donors (Lipinski definition) is 4. The summed E-state index contributed by atoms with van der Waals surface area (Å²) in [7, 11) is 0. The fourth-order valence-electron chi connectivity index (χ4n) is 1.70. The molecule has 6 heteroatoms. The van der Waals surface area contributed by atoms with Crippen LogP contribution in [0.25, 0.3) is 0 Å². The number of nitrogens with one attached hydrogen (secondary N) is 1. The Morgan fingerprint density at radius 2 is 1.89 bits per heavy atom. The van der Waals surface area contributed by atoms with E-state index in [0.717, 1.165) is 5.56 Å². The molecule has 0 saturated carbocycles. The fourth-order valence-corrected chi connectivity index (χ4v) is 1.70. The van der Waals surface area contributed by atoms with Gasteiger partial charge in [0.05, 0.1) is 5.56 Å². The Hall–Kier alpha value is -2.08. The molecule has 1 rings (SSSR count). The lowest BCUT2D eigenvalue weighted by Gasteiger charge is -2.14. The van der Waals surface area contributed by atoms with Crippen molar-refractivity contribution in [1.82, 2.24) is 0 Å². The molecule has 1 aromatic carbocycles. The van der Waals surface area contributed by atoms with E-state index < -0.39 is 18.0 Å². The number of aliphatic carboxylic acids is 1. The summed E-state index contributed by atoms with van der Waals surface area (Å²) in [6, 6.07) is 3.77. The largest absolute Gasteiger partial charge is 0.480 e. The number of carboxylic acids is 2. The molecule has 0 aliphatic heterocycles. The molecule has 5 N–H and O–H groups in total. The topological polar surface area (TPSA) is 113 Å². The predicted octanol–water partition coefficient (Wildman–Crippen LogP) is 1.16. The highest BCUT2D eigenvalue weighted by molar-refractivity contribution is 5.89. The van der Waals surface area contributed by atoms with Gasteiger partial charge in [-0.15, -0.1) is 0 Å². The van der Waals surface area contributed by atoms with Crippen molar-refractivity contribution in [3.63, 3.8) is 0 Å². The van der Waals surface area contributed by atoms with Gasteiger partial charge < -0.3 is 21.3 Å². The minimum atomic E-state index is -1.06. The molecule has 19 heavy (non-hydrogen) atoms. The molecule has 0 amide bonds. The van der Waals surface area contributed by atoms with Crippen LogP contribution in [0.5, 0.6) is 0 Å². The average molecular weight is 266 g/mol. The quantitative estimate of drug-likeness (QED) is 0.614. The second-order valence-corrected chi connectivity index (χ2v) is 4.61. The third-order valence-corrected chi connectivity index (χ3v) is 2.55. The molecular formula is C13H18N2O4. The van der Waals surface area contributed by atoms with Crippen molar-refractivity contribution < 1.29 is 19.8 Å². The molecule has 1 aromatic rings. The van der Waals surface area contributed by atoms with Gasteiger partial charge in [-0.1, -0.05) is 0 Å². The molecule has 0 radical (unpaired) electrons. The van der Waals surface area contributed by atoms with Crippen molar-refractivity contribution in [1.29, 1.82) is 0 Å². The lowest BCUT2D eigenvalue weighted by atomic mass is 10.0. The van der Waals surface area contributed by atoms with Crippen LogP contribution in [-0.2, 0) is 11.2 Å². The van der Waals surface area contributed by atoms with Crippen molar-refractivity contribution in [2.45, 2.75) is 32.4 Å². The minimum absolute atomic E-state index is 0.103. The summed E-state index contributed by atoms with van der Waals surface area (Å²) in [5.41, 5.74) is 7.02. The summed E-state index contributed by atoms with van der Waals surface area (Å²) in [6.07, 6.45) is 0.525. The van der Waals surface area contributed by atoms with Crippen LogP contribution in [0.2, 0.25) is 0 Å². The van der Waals surface area contributed by atoms with Gasteiger partial charge in [-0.2, -0.15) is 0 Å². The van der Waals surface area contributed by atoms with Crippen molar-refractivity contribution >= 4 is 17.6 Å². The summed E-state index contributed by atoms with van der Waals surface area (Å²) >= 11 is 0. The lowest BCUT2D eigenvalue weighted by molar-refractivity contribution is -0.137. The first kappa shape index (κ1) is 15.0. The Kier molecular flexibility index (Phi) is 4.88. The Bertz CT molecular complexity index is 486. The van der Waals surface area contributed by atoms with Gasteiger partial charge in [-0.3, -0.25) is 4.79 Å². The summed E-state index contributed by atoms with van der Waals surface area (Å²) in [6.45, 7) is 3.31. The highest BCUT2D eigenvalue weighted by atomic mass is 16.4. The van der Waals surface area contributed by atoms with Crippen molar-refractivity contribution in [2.24, 2.45) is 5.73 Å². The smallest absolute Gasteiger partial charge is 0.335 e. The van der Waals surface area contributed by atoms with Crippen LogP contribution >= 0.6 is 0 Å². The van der Waals surface area contributed by atoms with Crippen LogP contribution in [0.1, 0.15) is 29.8 Å². The summed E-state index contributed by atoms with van der Waals surface area (Å²) < 4.78 is 0. The molecule has 0 saturated heterocycles. The fraction of sp³-hybridized carbons (Fsp3) is 0.385. The summed E-state index contributed by atoms with van der Waals surface area (Å²) in [5.74, 6) is -2.06. The molecule has 0 heterocycles. The van der Waals surface area contributed by atoms with Crippen LogP contribution in [-0.4, -0.2) is 34.2 Å². The maximum Gasteiger partial charge on any atom is 0.335 e. The van der Waals surface area contributed by atoms with Crippen LogP contribution in [0.4, 0.5) is 5.69 Å². The van der Waals surface area contributed by atoms with Gasteiger partial charge in [-0.25, -0.2) is 4.79 Å². The molecule has 0 aliphatic rings. The van der Waals surface area contributed by atoms with Gasteiger partial charge in [0.15, 0.2) is 0 Å². The molecule has 0 fully saturated rings. The van der Waals surface area contributed by atoms with Crippen molar-refractivity contribution in [3.8, 4) is 0 Å². The first-order chi connectivity index (χ1) is 8.79.